The van der Waals surface area contributed by atoms with E-state index < -0.39 is 34.3 Å². The summed E-state index contributed by atoms with van der Waals surface area (Å²) in [6.07, 6.45) is 0. The molecule has 0 atom stereocenters. The number of anilines is 1. The van der Waals surface area contributed by atoms with Gasteiger partial charge in [0.05, 0.1) is 21.0 Å². The Morgan fingerprint density at radius 1 is 0.882 bits per heavy atom. The number of esters is 1. The first-order chi connectivity index (χ1) is 16.1. The normalized spacial score (nSPS) is 12.5. The van der Waals surface area contributed by atoms with Gasteiger partial charge in [-0.15, -0.1) is 0 Å². The van der Waals surface area contributed by atoms with Gasteiger partial charge in [-0.1, -0.05) is 35.9 Å². The van der Waals surface area contributed by atoms with E-state index in [4.69, 9.17) is 21.5 Å². The van der Waals surface area contributed by atoms with Crippen LogP contribution in [0.3, 0.4) is 0 Å². The molecule has 11 heteroatoms. The first-order valence-electron chi connectivity index (χ1n) is 9.68. The lowest BCUT2D eigenvalue weighted by Gasteiger charge is -2.19. The predicted octanol–water partition coefficient (Wildman–Crippen LogP) is 2.56. The van der Waals surface area contributed by atoms with Gasteiger partial charge in [0.2, 0.25) is 10.0 Å². The molecule has 0 aromatic heterocycles. The third-order valence-electron chi connectivity index (χ3n) is 5.05. The van der Waals surface area contributed by atoms with Crippen LogP contribution in [0.4, 0.5) is 5.69 Å². The average Bonchev–Trinajstić information content (AvgIpc) is 2.80. The molecular formula is C23H15ClN2O7S. The molecule has 4 rings (SSSR count). The van der Waals surface area contributed by atoms with Crippen LogP contribution in [0.5, 0.6) is 0 Å². The standard InChI is InChI=1S/C23H15ClN2O7S/c24-20-17(10-9-16-19(20)22(29)15-4-2-1-3-14(15)21(16)28)23(30)33-11-18(27)26-12-5-7-13(8-6-12)34(25,31)32/h1-10H,11H2,(H,26,27)(H2,25,31,32). The van der Waals surface area contributed by atoms with Gasteiger partial charge in [0, 0.05) is 22.4 Å². The maximum absolute atomic E-state index is 12.9. The van der Waals surface area contributed by atoms with Crippen molar-refractivity contribution in [3.8, 4) is 0 Å². The number of hydrogen-bond acceptors (Lipinski definition) is 7. The minimum Gasteiger partial charge on any atom is -0.452 e. The highest BCUT2D eigenvalue weighted by Crippen LogP contribution is 2.34. The van der Waals surface area contributed by atoms with E-state index in [1.54, 1.807) is 12.1 Å². The SMILES string of the molecule is NS(=O)(=O)c1ccc(NC(=O)COC(=O)c2ccc3c(c2Cl)C(=O)c2ccccc2C3=O)cc1. The molecule has 9 nitrogen and oxygen atoms in total. The molecule has 3 N–H and O–H groups in total. The van der Waals surface area contributed by atoms with Crippen LogP contribution in [0, 0.1) is 0 Å². The second-order valence-corrected chi connectivity index (χ2v) is 9.19. The highest BCUT2D eigenvalue weighted by Gasteiger charge is 2.33. The van der Waals surface area contributed by atoms with Crippen molar-refractivity contribution < 1.29 is 32.3 Å². The van der Waals surface area contributed by atoms with Crippen LogP contribution in [0.2, 0.25) is 5.02 Å². The average molecular weight is 499 g/mol. The van der Waals surface area contributed by atoms with Crippen molar-refractivity contribution in [2.24, 2.45) is 5.14 Å². The summed E-state index contributed by atoms with van der Waals surface area (Å²) < 4.78 is 27.6. The molecular weight excluding hydrogens is 484 g/mol. The minimum absolute atomic E-state index is 0.0749. The molecule has 34 heavy (non-hydrogen) atoms. The summed E-state index contributed by atoms with van der Waals surface area (Å²) in [5, 5.41) is 7.21. The van der Waals surface area contributed by atoms with Crippen molar-refractivity contribution in [1.82, 2.24) is 0 Å². The van der Waals surface area contributed by atoms with Crippen molar-refractivity contribution in [2.45, 2.75) is 4.90 Å². The fraction of sp³-hybridized carbons (Fsp3) is 0.0435. The Balaban J connectivity index is 1.47. The van der Waals surface area contributed by atoms with Crippen LogP contribution >= 0.6 is 11.6 Å². The highest BCUT2D eigenvalue weighted by atomic mass is 35.5. The molecule has 0 spiro atoms. The van der Waals surface area contributed by atoms with E-state index in [0.717, 1.165) is 0 Å². The number of fused-ring (bicyclic) bond motifs is 2. The summed E-state index contributed by atoms with van der Waals surface area (Å²) >= 11 is 6.31. The lowest BCUT2D eigenvalue weighted by atomic mass is 9.83. The fourth-order valence-corrected chi connectivity index (χ4v) is 4.28. The van der Waals surface area contributed by atoms with Crippen molar-refractivity contribution in [2.75, 3.05) is 11.9 Å². The smallest absolute Gasteiger partial charge is 0.340 e. The monoisotopic (exact) mass is 498 g/mol. The summed E-state index contributed by atoms with van der Waals surface area (Å²) in [5.41, 5.74) is 0.486. The van der Waals surface area contributed by atoms with Crippen LogP contribution in [-0.2, 0) is 19.6 Å². The summed E-state index contributed by atoms with van der Waals surface area (Å²) in [6, 6.07) is 13.9. The van der Waals surface area contributed by atoms with Gasteiger partial charge in [-0.25, -0.2) is 18.4 Å². The number of carbonyl (C=O) groups is 4. The number of rotatable bonds is 5. The van der Waals surface area contributed by atoms with Crippen molar-refractivity contribution >= 4 is 50.8 Å². The number of nitrogens with two attached hydrogens (primary N) is 1. The number of carbonyl (C=O) groups excluding carboxylic acids is 4. The molecule has 3 aromatic rings. The number of primary sulfonamides is 1. The van der Waals surface area contributed by atoms with Gasteiger partial charge < -0.3 is 10.1 Å². The molecule has 0 radical (unpaired) electrons. The first-order valence-corrected chi connectivity index (χ1v) is 11.6. The van der Waals surface area contributed by atoms with Gasteiger partial charge in [-0.05, 0) is 36.4 Å². The summed E-state index contributed by atoms with van der Waals surface area (Å²) in [7, 11) is -3.87. The third-order valence-corrected chi connectivity index (χ3v) is 6.37. The molecule has 0 fully saturated rings. The second-order valence-electron chi connectivity index (χ2n) is 7.25. The van der Waals surface area contributed by atoms with E-state index >= 15 is 0 Å². The lowest BCUT2D eigenvalue weighted by Crippen LogP contribution is -2.24. The Hall–Kier alpha value is -3.86. The summed E-state index contributed by atoms with van der Waals surface area (Å²) in [4.78, 5) is 50.2. The number of hydrogen-bond donors (Lipinski definition) is 2. The number of benzene rings is 3. The van der Waals surface area contributed by atoms with Gasteiger partial charge >= 0.3 is 5.97 Å². The van der Waals surface area contributed by atoms with E-state index in [1.165, 1.54) is 48.5 Å². The van der Waals surface area contributed by atoms with Crippen LogP contribution in [-0.4, -0.2) is 38.5 Å². The molecule has 1 aliphatic rings. The first kappa shape index (κ1) is 23.3. The molecule has 3 aromatic carbocycles. The maximum Gasteiger partial charge on any atom is 0.340 e. The molecule has 1 aliphatic carbocycles. The molecule has 0 bridgehead atoms. The zero-order valence-electron chi connectivity index (χ0n) is 17.2. The number of amides is 1. The number of ketones is 2. The quantitative estimate of drug-likeness (QED) is 0.401. The topological polar surface area (TPSA) is 150 Å². The summed E-state index contributed by atoms with van der Waals surface area (Å²) in [6.45, 7) is -0.682. The van der Waals surface area contributed by atoms with Gasteiger partial charge in [0.1, 0.15) is 0 Å². The van der Waals surface area contributed by atoms with Gasteiger partial charge in [0.15, 0.2) is 18.2 Å². The Labute approximate surface area is 198 Å². The number of ether oxygens (including phenoxy) is 1. The Kier molecular flexibility index (Phi) is 6.05. The Morgan fingerprint density at radius 3 is 2.12 bits per heavy atom. The highest BCUT2D eigenvalue weighted by molar-refractivity contribution is 7.89. The maximum atomic E-state index is 12.9. The molecule has 0 saturated heterocycles. The Morgan fingerprint density at radius 2 is 1.50 bits per heavy atom. The van der Waals surface area contributed by atoms with E-state index in [1.807, 2.05) is 0 Å². The number of sulfonamides is 1. The van der Waals surface area contributed by atoms with E-state index in [9.17, 15) is 27.6 Å². The zero-order valence-corrected chi connectivity index (χ0v) is 18.8. The van der Waals surface area contributed by atoms with E-state index in [-0.39, 0.29) is 49.2 Å². The van der Waals surface area contributed by atoms with Crippen molar-refractivity contribution in [3.63, 3.8) is 0 Å². The van der Waals surface area contributed by atoms with Crippen molar-refractivity contribution in [3.05, 3.63) is 93.5 Å². The molecule has 0 unspecified atom stereocenters. The van der Waals surface area contributed by atoms with Crippen LogP contribution < -0.4 is 10.5 Å². The number of nitrogens with one attached hydrogen (secondary N) is 1. The van der Waals surface area contributed by atoms with Crippen LogP contribution in [0.1, 0.15) is 42.2 Å². The van der Waals surface area contributed by atoms with Gasteiger partial charge in [-0.2, -0.15) is 0 Å². The molecule has 0 aliphatic heterocycles. The van der Waals surface area contributed by atoms with Gasteiger partial charge in [-0.3, -0.25) is 14.4 Å². The van der Waals surface area contributed by atoms with Gasteiger partial charge in [0.25, 0.3) is 5.91 Å². The molecule has 0 saturated carbocycles. The van der Waals surface area contributed by atoms with Crippen molar-refractivity contribution in [1.29, 1.82) is 0 Å². The lowest BCUT2D eigenvalue weighted by molar-refractivity contribution is -0.119. The predicted molar refractivity (Wildman–Crippen MR) is 121 cm³/mol. The Bertz CT molecular complexity index is 1480. The van der Waals surface area contributed by atoms with E-state index in [0.29, 0.717) is 0 Å². The second kappa shape index (κ2) is 8.82. The van der Waals surface area contributed by atoms with Crippen LogP contribution in [0.15, 0.2) is 65.6 Å². The molecule has 1 amide bonds. The summed E-state index contributed by atoms with van der Waals surface area (Å²) in [5.74, 6) is -2.55. The molecule has 0 heterocycles. The zero-order chi connectivity index (χ0) is 24.6. The third kappa shape index (κ3) is 4.34. The largest absolute Gasteiger partial charge is 0.452 e. The minimum atomic E-state index is -3.87. The number of halogens is 1. The van der Waals surface area contributed by atoms with Crippen LogP contribution in [0.25, 0.3) is 0 Å². The van der Waals surface area contributed by atoms with E-state index in [2.05, 4.69) is 5.32 Å². The fourth-order valence-electron chi connectivity index (χ4n) is 3.44. The molecule has 172 valence electrons.